The summed E-state index contributed by atoms with van der Waals surface area (Å²) in [5.41, 5.74) is -1.01. The third kappa shape index (κ3) is 1.81. The smallest absolute Gasteiger partial charge is 0.291 e. The average Bonchev–Trinajstić information content (AvgIpc) is 2.93. The molecule has 0 radical (unpaired) electrons. The van der Waals surface area contributed by atoms with Crippen LogP contribution in [0.15, 0.2) is 11.1 Å². The average molecular weight is 286 g/mol. The van der Waals surface area contributed by atoms with Crippen LogP contribution in [0.3, 0.4) is 0 Å². The van der Waals surface area contributed by atoms with Gasteiger partial charge in [-0.3, -0.25) is 14.3 Å². The van der Waals surface area contributed by atoms with Crippen molar-refractivity contribution < 1.29 is 24.4 Å². The van der Waals surface area contributed by atoms with Crippen molar-refractivity contribution in [2.24, 2.45) is 0 Å². The van der Waals surface area contributed by atoms with Crippen LogP contribution in [0, 0.1) is 6.08 Å². The molecule has 0 aliphatic carbocycles. The molecule has 1 fully saturated rings. The number of H-pyrrole nitrogens is 1. The van der Waals surface area contributed by atoms with Gasteiger partial charge in [-0.15, -0.1) is 0 Å². The largest absolute Gasteiger partial charge is 0.394 e. The number of hydrogen-bond acceptors (Lipinski definition) is 7. The summed E-state index contributed by atoms with van der Waals surface area (Å²) in [6.45, 7) is -0.496. The van der Waals surface area contributed by atoms with E-state index in [1.807, 2.05) is 4.98 Å². The lowest BCUT2D eigenvalue weighted by Crippen LogP contribution is -2.33. The highest BCUT2D eigenvalue weighted by molar-refractivity contribution is 5.69. The topological polar surface area (TPSA) is 133 Å². The van der Waals surface area contributed by atoms with Gasteiger partial charge in [-0.25, -0.2) is 4.98 Å². The quantitative estimate of drug-likeness (QED) is 0.463. The zero-order valence-electron chi connectivity index (χ0n) is 9.97. The van der Waals surface area contributed by atoms with Crippen molar-refractivity contribution in [2.45, 2.75) is 24.5 Å². The molecule has 108 valence electrons. The Bertz CT molecular complexity index is 701. The van der Waals surface area contributed by atoms with Gasteiger partial charge in [0.1, 0.15) is 18.3 Å². The fourth-order valence-corrected chi connectivity index (χ4v) is 2.20. The van der Waals surface area contributed by atoms with Crippen LogP contribution in [0.2, 0.25) is 0 Å². The zero-order chi connectivity index (χ0) is 14.4. The van der Waals surface area contributed by atoms with Crippen LogP contribution in [-0.4, -0.2) is 59.8 Å². The second-order valence-corrected chi connectivity index (χ2v) is 4.41. The molecular weight excluding hydrogens is 275 g/mol. The molecule has 2 aromatic rings. The third-order valence-corrected chi connectivity index (χ3v) is 3.19. The Morgan fingerprint density at radius 3 is 2.85 bits per heavy atom. The van der Waals surface area contributed by atoms with E-state index in [-0.39, 0.29) is 11.2 Å². The van der Waals surface area contributed by atoms with Crippen molar-refractivity contribution in [1.82, 2.24) is 19.5 Å². The Labute approximate surface area is 110 Å². The third-order valence-electron chi connectivity index (χ3n) is 3.19. The van der Waals surface area contributed by atoms with Gasteiger partial charge in [0.25, 0.3) is 11.6 Å². The van der Waals surface area contributed by atoms with Gasteiger partial charge in [0.05, 0.1) is 12.9 Å². The van der Waals surface area contributed by atoms with Gasteiger partial charge in [-0.1, -0.05) is 0 Å². The number of ether oxygens (including phenoxy) is 1. The SMILES string of the molecule is O=c1[nH]c(F)nc2c1ncn2[C@@H]1O[C@H](CO)[C@@H](O)[C@H]1O. The van der Waals surface area contributed by atoms with Gasteiger partial charge in [0.15, 0.2) is 17.4 Å². The molecule has 3 rings (SSSR count). The van der Waals surface area contributed by atoms with Crippen LogP contribution in [0.1, 0.15) is 6.23 Å². The number of aliphatic hydroxyl groups excluding tert-OH is 3. The molecule has 2 aromatic heterocycles. The molecule has 9 nitrogen and oxygen atoms in total. The van der Waals surface area contributed by atoms with Crippen molar-refractivity contribution in [3.05, 3.63) is 22.8 Å². The molecule has 0 aromatic carbocycles. The maximum absolute atomic E-state index is 13.2. The lowest BCUT2D eigenvalue weighted by Gasteiger charge is -2.16. The number of imidazole rings is 1. The normalized spacial score (nSPS) is 30.2. The van der Waals surface area contributed by atoms with Crippen molar-refractivity contribution in [2.75, 3.05) is 6.61 Å². The van der Waals surface area contributed by atoms with Crippen LogP contribution in [0.25, 0.3) is 11.2 Å². The van der Waals surface area contributed by atoms with E-state index in [2.05, 4.69) is 9.97 Å². The van der Waals surface area contributed by atoms with Crippen molar-refractivity contribution in [3.63, 3.8) is 0 Å². The molecule has 3 heterocycles. The number of aromatic amines is 1. The molecule has 0 bridgehead atoms. The zero-order valence-corrected chi connectivity index (χ0v) is 9.97. The first kappa shape index (κ1) is 13.1. The molecule has 20 heavy (non-hydrogen) atoms. The molecule has 1 aliphatic rings. The molecule has 0 amide bonds. The van der Waals surface area contributed by atoms with E-state index in [0.717, 1.165) is 10.9 Å². The van der Waals surface area contributed by atoms with Crippen LogP contribution in [0.4, 0.5) is 4.39 Å². The first-order valence-electron chi connectivity index (χ1n) is 5.77. The number of aliphatic hydroxyl groups is 3. The van der Waals surface area contributed by atoms with Gasteiger partial charge in [0.2, 0.25) is 0 Å². The molecule has 1 saturated heterocycles. The Hall–Kier alpha value is -1.88. The van der Waals surface area contributed by atoms with Gasteiger partial charge < -0.3 is 20.1 Å². The monoisotopic (exact) mass is 286 g/mol. The fourth-order valence-electron chi connectivity index (χ4n) is 2.20. The highest BCUT2D eigenvalue weighted by Gasteiger charge is 2.44. The predicted octanol–water partition coefficient (Wildman–Crippen LogP) is -2.13. The lowest BCUT2D eigenvalue weighted by molar-refractivity contribution is -0.0511. The number of halogens is 1. The van der Waals surface area contributed by atoms with Crippen LogP contribution >= 0.6 is 0 Å². The maximum Gasteiger partial charge on any atom is 0.291 e. The second kappa shape index (κ2) is 4.59. The molecule has 1 aliphatic heterocycles. The van der Waals surface area contributed by atoms with Gasteiger partial charge in [0, 0.05) is 0 Å². The Morgan fingerprint density at radius 1 is 1.45 bits per heavy atom. The summed E-state index contributed by atoms with van der Waals surface area (Å²) < 4.78 is 19.6. The molecule has 4 N–H and O–H groups in total. The summed E-state index contributed by atoms with van der Waals surface area (Å²) in [6.07, 6.45) is -4.74. The summed E-state index contributed by atoms with van der Waals surface area (Å²) in [6, 6.07) is 0. The molecule has 0 unspecified atom stereocenters. The first-order chi connectivity index (χ1) is 9.52. The second-order valence-electron chi connectivity index (χ2n) is 4.41. The molecule has 10 heteroatoms. The fraction of sp³-hybridized carbons (Fsp3) is 0.500. The molecular formula is C10H11FN4O5. The Morgan fingerprint density at radius 2 is 2.20 bits per heavy atom. The van der Waals surface area contributed by atoms with E-state index in [1.54, 1.807) is 0 Å². The summed E-state index contributed by atoms with van der Waals surface area (Å²) in [5.74, 6) is 0. The maximum atomic E-state index is 13.2. The molecule has 0 saturated carbocycles. The lowest BCUT2D eigenvalue weighted by atomic mass is 10.1. The summed E-state index contributed by atoms with van der Waals surface area (Å²) in [7, 11) is 0. The van der Waals surface area contributed by atoms with Gasteiger partial charge in [-0.2, -0.15) is 9.37 Å². The number of rotatable bonds is 2. The van der Waals surface area contributed by atoms with Crippen molar-refractivity contribution >= 4 is 11.2 Å². The van der Waals surface area contributed by atoms with Gasteiger partial charge in [-0.05, 0) is 0 Å². The Balaban J connectivity index is 2.09. The Kier molecular flexibility index (Phi) is 3.01. The van der Waals surface area contributed by atoms with E-state index in [9.17, 15) is 19.4 Å². The van der Waals surface area contributed by atoms with Crippen molar-refractivity contribution in [1.29, 1.82) is 0 Å². The predicted molar refractivity (Wildman–Crippen MR) is 61.1 cm³/mol. The highest BCUT2D eigenvalue weighted by Crippen LogP contribution is 2.30. The highest BCUT2D eigenvalue weighted by atomic mass is 19.1. The van der Waals surface area contributed by atoms with Crippen LogP contribution in [-0.2, 0) is 4.74 Å². The molecule has 4 atom stereocenters. The van der Waals surface area contributed by atoms with E-state index in [0.29, 0.717) is 0 Å². The summed E-state index contributed by atoms with van der Waals surface area (Å²) >= 11 is 0. The van der Waals surface area contributed by atoms with E-state index < -0.39 is 42.8 Å². The number of nitrogens with one attached hydrogen (secondary N) is 1. The minimum Gasteiger partial charge on any atom is -0.394 e. The summed E-state index contributed by atoms with van der Waals surface area (Å²) in [5, 5.41) is 28.6. The minimum atomic E-state index is -1.37. The number of nitrogens with zero attached hydrogens (tertiary/aromatic N) is 3. The van der Waals surface area contributed by atoms with Crippen LogP contribution < -0.4 is 5.56 Å². The van der Waals surface area contributed by atoms with E-state index in [4.69, 9.17) is 9.84 Å². The standard InChI is InChI=1S/C10H11FN4O5/c11-10-13-7-4(8(19)14-10)12-2-15(7)9-6(18)5(17)3(1-16)20-9/h2-3,5-6,9,16-18H,1H2,(H,13,14,19)/t3-,5-,6-,9-/m1/s1. The van der Waals surface area contributed by atoms with Crippen molar-refractivity contribution in [3.8, 4) is 0 Å². The summed E-state index contributed by atoms with van der Waals surface area (Å²) in [4.78, 5) is 20.6. The molecule has 0 spiro atoms. The number of aromatic nitrogens is 4. The van der Waals surface area contributed by atoms with Crippen LogP contribution in [0.5, 0.6) is 0 Å². The first-order valence-corrected chi connectivity index (χ1v) is 5.77. The van der Waals surface area contributed by atoms with E-state index in [1.165, 1.54) is 0 Å². The minimum absolute atomic E-state index is 0.121. The van der Waals surface area contributed by atoms with Gasteiger partial charge >= 0.3 is 0 Å². The van der Waals surface area contributed by atoms with E-state index >= 15 is 0 Å². The number of hydrogen-bond donors (Lipinski definition) is 4. The number of fused-ring (bicyclic) bond motifs is 1.